The number of amides is 1. The molecule has 0 radical (unpaired) electrons. The molecule has 3 rings (SSSR count). The largest absolute Gasteiger partial charge is 0.378 e. The maximum absolute atomic E-state index is 11.8. The van der Waals surface area contributed by atoms with Gasteiger partial charge in [0.2, 0.25) is 11.7 Å². The van der Waals surface area contributed by atoms with E-state index in [-0.39, 0.29) is 12.0 Å². The molecule has 1 aliphatic rings. The number of aromatic nitrogens is 3. The molecule has 112 valence electrons. The highest BCUT2D eigenvalue weighted by Crippen LogP contribution is 2.16. The smallest absolute Gasteiger partial charge is 0.234 e. The molecule has 6 nitrogen and oxygen atoms in total. The van der Waals surface area contributed by atoms with Crippen molar-refractivity contribution >= 4 is 11.7 Å². The van der Waals surface area contributed by atoms with E-state index in [0.717, 1.165) is 37.3 Å². The number of imidazole rings is 1. The summed E-state index contributed by atoms with van der Waals surface area (Å²) in [5.74, 6) is 0.713. The third-order valence-corrected chi connectivity index (χ3v) is 3.70. The van der Waals surface area contributed by atoms with Crippen molar-refractivity contribution in [1.29, 1.82) is 0 Å². The lowest BCUT2D eigenvalue weighted by Gasteiger charge is -2.08. The van der Waals surface area contributed by atoms with E-state index in [9.17, 15) is 4.79 Å². The second-order valence-electron chi connectivity index (χ2n) is 5.46. The number of fused-ring (bicyclic) bond motifs is 1. The molecule has 1 saturated heterocycles. The van der Waals surface area contributed by atoms with Crippen LogP contribution in [0.3, 0.4) is 0 Å². The molecule has 6 heteroatoms. The molecule has 1 aliphatic heterocycles. The van der Waals surface area contributed by atoms with Gasteiger partial charge in [-0.15, -0.1) is 0 Å². The molecule has 0 spiro atoms. The molecular weight excluding hydrogens is 268 g/mol. The number of hydrogen-bond acceptors (Lipinski definition) is 4. The van der Waals surface area contributed by atoms with Crippen molar-refractivity contribution in [2.24, 2.45) is 0 Å². The molecule has 1 unspecified atom stereocenters. The zero-order chi connectivity index (χ0) is 14.7. The summed E-state index contributed by atoms with van der Waals surface area (Å²) in [6.07, 6.45) is 7.58. The van der Waals surface area contributed by atoms with E-state index in [1.54, 1.807) is 0 Å². The fraction of sp³-hybridized carbons (Fsp3) is 0.533. The van der Waals surface area contributed by atoms with Crippen LogP contribution in [0.5, 0.6) is 0 Å². The SMILES string of the molecule is Cc1ccn2cc(CNC(=O)CCC3CCCO3)nc2n1. The Labute approximate surface area is 123 Å². The lowest BCUT2D eigenvalue weighted by molar-refractivity contribution is -0.121. The molecule has 1 fully saturated rings. The molecule has 0 aliphatic carbocycles. The molecule has 21 heavy (non-hydrogen) atoms. The number of aryl methyl sites for hydroxylation is 1. The van der Waals surface area contributed by atoms with Crippen LogP contribution in [0.4, 0.5) is 0 Å². The summed E-state index contributed by atoms with van der Waals surface area (Å²) < 4.78 is 7.38. The van der Waals surface area contributed by atoms with Crippen LogP contribution < -0.4 is 5.32 Å². The van der Waals surface area contributed by atoms with Gasteiger partial charge in [0, 0.05) is 31.1 Å². The van der Waals surface area contributed by atoms with Gasteiger partial charge < -0.3 is 10.1 Å². The first-order chi connectivity index (χ1) is 10.2. The van der Waals surface area contributed by atoms with Gasteiger partial charge in [-0.2, -0.15) is 0 Å². The minimum Gasteiger partial charge on any atom is -0.378 e. The summed E-state index contributed by atoms with van der Waals surface area (Å²) in [7, 11) is 0. The summed E-state index contributed by atoms with van der Waals surface area (Å²) in [5.41, 5.74) is 1.75. The molecular formula is C15H20N4O2. The Balaban J connectivity index is 1.49. The normalized spacial score (nSPS) is 18.2. The van der Waals surface area contributed by atoms with Crippen molar-refractivity contribution in [3.63, 3.8) is 0 Å². The van der Waals surface area contributed by atoms with Crippen LogP contribution in [0.15, 0.2) is 18.5 Å². The van der Waals surface area contributed by atoms with E-state index in [0.29, 0.717) is 18.7 Å². The average molecular weight is 288 g/mol. The van der Waals surface area contributed by atoms with Crippen LogP contribution in [0.25, 0.3) is 5.78 Å². The van der Waals surface area contributed by atoms with E-state index in [1.165, 1.54) is 0 Å². The molecule has 0 bridgehead atoms. The number of rotatable bonds is 5. The summed E-state index contributed by atoms with van der Waals surface area (Å²) >= 11 is 0. The summed E-state index contributed by atoms with van der Waals surface area (Å²) in [6, 6.07) is 1.93. The predicted octanol–water partition coefficient (Wildman–Crippen LogP) is 1.61. The van der Waals surface area contributed by atoms with Crippen LogP contribution in [0, 0.1) is 6.92 Å². The van der Waals surface area contributed by atoms with Gasteiger partial charge in [0.1, 0.15) is 0 Å². The minimum atomic E-state index is 0.0479. The zero-order valence-corrected chi connectivity index (χ0v) is 12.2. The Morgan fingerprint density at radius 2 is 2.43 bits per heavy atom. The molecule has 0 aromatic carbocycles. The fourth-order valence-corrected chi connectivity index (χ4v) is 2.54. The van der Waals surface area contributed by atoms with Gasteiger partial charge in [-0.3, -0.25) is 9.20 Å². The van der Waals surface area contributed by atoms with E-state index in [4.69, 9.17) is 4.74 Å². The van der Waals surface area contributed by atoms with Crippen LogP contribution >= 0.6 is 0 Å². The second-order valence-corrected chi connectivity index (χ2v) is 5.46. The van der Waals surface area contributed by atoms with Gasteiger partial charge in [-0.05, 0) is 32.3 Å². The molecule has 1 N–H and O–H groups in total. The number of carbonyl (C=O) groups is 1. The maximum atomic E-state index is 11.8. The topological polar surface area (TPSA) is 68.5 Å². The van der Waals surface area contributed by atoms with Crippen molar-refractivity contribution in [2.75, 3.05) is 6.61 Å². The highest BCUT2D eigenvalue weighted by Gasteiger charge is 2.16. The Morgan fingerprint density at radius 3 is 3.24 bits per heavy atom. The lowest BCUT2D eigenvalue weighted by atomic mass is 10.1. The summed E-state index contributed by atoms with van der Waals surface area (Å²) in [6.45, 7) is 3.20. The molecule has 2 aromatic rings. The number of carbonyl (C=O) groups excluding carboxylic acids is 1. The van der Waals surface area contributed by atoms with Gasteiger partial charge in [0.15, 0.2) is 0 Å². The second kappa shape index (κ2) is 6.22. The molecule has 0 saturated carbocycles. The summed E-state index contributed by atoms with van der Waals surface area (Å²) in [5, 5.41) is 2.90. The van der Waals surface area contributed by atoms with E-state index in [1.807, 2.05) is 29.8 Å². The van der Waals surface area contributed by atoms with Gasteiger partial charge in [-0.1, -0.05) is 0 Å². The van der Waals surface area contributed by atoms with Gasteiger partial charge >= 0.3 is 0 Å². The Hall–Kier alpha value is -1.95. The first-order valence-corrected chi connectivity index (χ1v) is 7.40. The van der Waals surface area contributed by atoms with Crippen molar-refractivity contribution in [1.82, 2.24) is 19.7 Å². The summed E-state index contributed by atoms with van der Waals surface area (Å²) in [4.78, 5) is 20.6. The van der Waals surface area contributed by atoms with Gasteiger partial charge in [-0.25, -0.2) is 9.97 Å². The van der Waals surface area contributed by atoms with Crippen LogP contribution in [0.1, 0.15) is 37.1 Å². The highest BCUT2D eigenvalue weighted by molar-refractivity contribution is 5.75. The quantitative estimate of drug-likeness (QED) is 0.907. The van der Waals surface area contributed by atoms with Crippen LogP contribution in [0.2, 0.25) is 0 Å². The van der Waals surface area contributed by atoms with Crippen LogP contribution in [-0.2, 0) is 16.1 Å². The van der Waals surface area contributed by atoms with Crippen molar-refractivity contribution in [3.05, 3.63) is 29.8 Å². The van der Waals surface area contributed by atoms with Crippen molar-refractivity contribution in [2.45, 2.75) is 45.3 Å². The van der Waals surface area contributed by atoms with Crippen molar-refractivity contribution < 1.29 is 9.53 Å². The Morgan fingerprint density at radius 1 is 1.52 bits per heavy atom. The van der Waals surface area contributed by atoms with E-state index < -0.39 is 0 Å². The van der Waals surface area contributed by atoms with Gasteiger partial charge in [0.05, 0.1) is 18.3 Å². The first-order valence-electron chi connectivity index (χ1n) is 7.40. The zero-order valence-electron chi connectivity index (χ0n) is 12.2. The monoisotopic (exact) mass is 288 g/mol. The predicted molar refractivity (Wildman–Crippen MR) is 77.8 cm³/mol. The van der Waals surface area contributed by atoms with Crippen LogP contribution in [-0.4, -0.2) is 33.0 Å². The fourth-order valence-electron chi connectivity index (χ4n) is 2.54. The van der Waals surface area contributed by atoms with E-state index >= 15 is 0 Å². The molecule has 2 aromatic heterocycles. The highest BCUT2D eigenvalue weighted by atomic mass is 16.5. The van der Waals surface area contributed by atoms with Crippen molar-refractivity contribution in [3.8, 4) is 0 Å². The molecule has 3 heterocycles. The first kappa shape index (κ1) is 14.0. The Kier molecular flexibility index (Phi) is 4.15. The number of nitrogens with zero attached hydrogens (tertiary/aromatic N) is 3. The number of nitrogens with one attached hydrogen (secondary N) is 1. The average Bonchev–Trinajstić information content (AvgIpc) is 3.11. The molecule has 1 atom stereocenters. The third kappa shape index (κ3) is 3.58. The Bertz CT molecular complexity index is 632. The molecule has 1 amide bonds. The third-order valence-electron chi connectivity index (χ3n) is 3.70. The lowest BCUT2D eigenvalue weighted by Crippen LogP contribution is -2.24. The standard InChI is InChI=1S/C15H20N4O2/c1-11-6-7-19-10-12(18-15(19)17-11)9-16-14(20)5-4-13-3-2-8-21-13/h6-7,10,13H,2-5,8-9H2,1H3,(H,16,20). The van der Waals surface area contributed by atoms with Gasteiger partial charge in [0.25, 0.3) is 0 Å². The maximum Gasteiger partial charge on any atom is 0.234 e. The number of hydrogen-bond donors (Lipinski definition) is 1. The van der Waals surface area contributed by atoms with E-state index in [2.05, 4.69) is 15.3 Å². The minimum absolute atomic E-state index is 0.0479. The number of ether oxygens (including phenoxy) is 1.